The quantitative estimate of drug-likeness (QED) is 0.233. The molecule has 3 heterocycles. The maximum absolute atomic E-state index is 10.9. The van der Waals surface area contributed by atoms with Crippen LogP contribution in [0.5, 0.6) is 11.5 Å². The lowest BCUT2D eigenvalue weighted by Gasteiger charge is -2.24. The molecule has 0 bridgehead atoms. The van der Waals surface area contributed by atoms with Crippen molar-refractivity contribution in [3.63, 3.8) is 0 Å². The molecule has 236 valence electrons. The van der Waals surface area contributed by atoms with Crippen molar-refractivity contribution in [2.75, 3.05) is 84.8 Å². The highest BCUT2D eigenvalue weighted by molar-refractivity contribution is 5.95. The molecule has 11 heteroatoms. The second-order valence-electron chi connectivity index (χ2n) is 11.0. The van der Waals surface area contributed by atoms with Crippen LogP contribution in [0.1, 0.15) is 16.8 Å². The molecular formula is C33H43N5O6. The summed E-state index contributed by atoms with van der Waals surface area (Å²) in [6.45, 7) is 9.61. The van der Waals surface area contributed by atoms with E-state index in [4.69, 9.17) is 24.7 Å². The van der Waals surface area contributed by atoms with Crippen LogP contribution in [0.25, 0.3) is 21.8 Å². The number of anilines is 1. The fraction of sp³-hybridized carbons (Fsp3) is 0.455. The van der Waals surface area contributed by atoms with Crippen LogP contribution in [0.15, 0.2) is 48.7 Å². The van der Waals surface area contributed by atoms with Crippen LogP contribution >= 0.6 is 0 Å². The predicted octanol–water partition coefficient (Wildman–Crippen LogP) is 3.47. The Kier molecular flexibility index (Phi) is 11.5. The van der Waals surface area contributed by atoms with Gasteiger partial charge in [-0.25, -0.2) is 4.98 Å². The maximum Gasteiger partial charge on any atom is 0.146 e. The summed E-state index contributed by atoms with van der Waals surface area (Å²) in [5.74, 6) is 0.369. The highest BCUT2D eigenvalue weighted by atomic mass is 16.5. The van der Waals surface area contributed by atoms with Crippen LogP contribution in [-0.4, -0.2) is 109 Å². The lowest BCUT2D eigenvalue weighted by molar-refractivity contribution is 0.00613. The number of rotatable bonds is 4. The first kappa shape index (κ1) is 31.8. The SMILES string of the molecule is Cc1ccc2ccc(CN3CCOCCOCCN(Cc4cc(N)c5cccnc5c4O)CCOCCOCC3)c(O)c2n1. The average Bonchev–Trinajstić information content (AvgIpc) is 3.02. The molecule has 1 aliphatic rings. The van der Waals surface area contributed by atoms with Crippen LogP contribution in [0, 0.1) is 6.92 Å². The number of aromatic nitrogens is 2. The zero-order valence-corrected chi connectivity index (χ0v) is 25.4. The topological polar surface area (TPSA) is 136 Å². The molecule has 1 aliphatic heterocycles. The minimum atomic E-state index is 0.148. The molecule has 1 saturated heterocycles. The first-order valence-electron chi connectivity index (χ1n) is 15.2. The van der Waals surface area contributed by atoms with Gasteiger partial charge in [0, 0.05) is 78.7 Å². The lowest BCUT2D eigenvalue weighted by atomic mass is 10.1. The monoisotopic (exact) mass is 605 g/mol. The van der Waals surface area contributed by atoms with Crippen molar-refractivity contribution in [3.8, 4) is 11.5 Å². The highest BCUT2D eigenvalue weighted by Crippen LogP contribution is 2.32. The molecule has 4 aromatic rings. The van der Waals surface area contributed by atoms with Crippen molar-refractivity contribution in [1.82, 2.24) is 19.8 Å². The van der Waals surface area contributed by atoms with Crippen molar-refractivity contribution >= 4 is 27.5 Å². The summed E-state index contributed by atoms with van der Waals surface area (Å²) >= 11 is 0. The van der Waals surface area contributed by atoms with Gasteiger partial charge in [-0.15, -0.1) is 0 Å². The molecule has 0 spiro atoms. The smallest absolute Gasteiger partial charge is 0.146 e. The normalized spacial score (nSPS) is 17.8. The number of nitrogen functional groups attached to an aromatic ring is 1. The van der Waals surface area contributed by atoms with E-state index in [9.17, 15) is 10.2 Å². The van der Waals surface area contributed by atoms with E-state index in [1.165, 1.54) is 0 Å². The fourth-order valence-corrected chi connectivity index (χ4v) is 5.31. The molecule has 0 amide bonds. The van der Waals surface area contributed by atoms with E-state index in [-0.39, 0.29) is 11.5 Å². The van der Waals surface area contributed by atoms with Crippen LogP contribution in [0.2, 0.25) is 0 Å². The standard InChI is InChI=1S/C33H43N5O6/c1-24-4-5-25-6-7-26(32(39)30(25)36-24)22-37-9-13-41-17-19-43-15-11-38(12-16-44-20-18-42-14-10-37)23-27-21-29(34)28-3-2-8-35-31(28)33(27)40/h2-8,21,39-40H,9-20,22-23,34H2,1H3. The van der Waals surface area contributed by atoms with Gasteiger partial charge in [0.25, 0.3) is 0 Å². The Morgan fingerprint density at radius 3 is 1.86 bits per heavy atom. The lowest BCUT2D eigenvalue weighted by Crippen LogP contribution is -2.32. The summed E-state index contributed by atoms with van der Waals surface area (Å²) in [4.78, 5) is 13.3. The maximum atomic E-state index is 10.9. The van der Waals surface area contributed by atoms with Crippen LogP contribution in [0.4, 0.5) is 5.69 Å². The van der Waals surface area contributed by atoms with Crippen molar-refractivity contribution < 1.29 is 29.2 Å². The van der Waals surface area contributed by atoms with E-state index in [1.54, 1.807) is 12.3 Å². The number of nitrogens with two attached hydrogens (primary N) is 1. The Hall–Kier alpha value is -3.58. The second kappa shape index (κ2) is 15.9. The number of ether oxygens (including phenoxy) is 4. The second-order valence-corrected chi connectivity index (χ2v) is 11.0. The molecular weight excluding hydrogens is 562 g/mol. The average molecular weight is 606 g/mol. The van der Waals surface area contributed by atoms with Gasteiger partial charge in [0.15, 0.2) is 0 Å². The van der Waals surface area contributed by atoms with Gasteiger partial charge in [0.1, 0.15) is 22.5 Å². The van der Waals surface area contributed by atoms with Gasteiger partial charge in [0.05, 0.1) is 52.9 Å². The van der Waals surface area contributed by atoms with E-state index in [0.29, 0.717) is 109 Å². The van der Waals surface area contributed by atoms with Crippen molar-refractivity contribution in [2.45, 2.75) is 20.0 Å². The molecule has 4 N–H and O–H groups in total. The van der Waals surface area contributed by atoms with Crippen molar-refractivity contribution in [3.05, 3.63) is 65.5 Å². The van der Waals surface area contributed by atoms with E-state index in [1.807, 2.05) is 43.3 Å². The summed E-state index contributed by atoms with van der Waals surface area (Å²) in [7, 11) is 0. The predicted molar refractivity (Wildman–Crippen MR) is 170 cm³/mol. The Labute approximate surface area is 258 Å². The van der Waals surface area contributed by atoms with Crippen LogP contribution < -0.4 is 5.73 Å². The van der Waals surface area contributed by atoms with Crippen molar-refractivity contribution in [1.29, 1.82) is 0 Å². The van der Waals surface area contributed by atoms with E-state index in [2.05, 4.69) is 19.8 Å². The van der Waals surface area contributed by atoms with Gasteiger partial charge in [-0.1, -0.05) is 18.2 Å². The van der Waals surface area contributed by atoms with E-state index >= 15 is 0 Å². The molecule has 2 aromatic carbocycles. The third-order valence-corrected chi connectivity index (χ3v) is 7.77. The number of hydrogen-bond donors (Lipinski definition) is 3. The first-order chi connectivity index (χ1) is 21.5. The van der Waals surface area contributed by atoms with Crippen LogP contribution in [0.3, 0.4) is 0 Å². The zero-order chi connectivity index (χ0) is 30.7. The molecule has 1 fully saturated rings. The number of nitrogens with zero attached hydrogens (tertiary/aromatic N) is 4. The molecule has 44 heavy (non-hydrogen) atoms. The summed E-state index contributed by atoms with van der Waals surface area (Å²) in [6, 6.07) is 13.4. The minimum absolute atomic E-state index is 0.148. The number of benzene rings is 2. The number of pyridine rings is 2. The highest BCUT2D eigenvalue weighted by Gasteiger charge is 2.16. The summed E-state index contributed by atoms with van der Waals surface area (Å²) in [5.41, 5.74) is 10.4. The zero-order valence-electron chi connectivity index (χ0n) is 25.4. The Bertz CT molecular complexity index is 1500. The van der Waals surface area contributed by atoms with E-state index < -0.39 is 0 Å². The van der Waals surface area contributed by atoms with Gasteiger partial charge < -0.3 is 34.9 Å². The number of phenols is 2. The van der Waals surface area contributed by atoms with Gasteiger partial charge in [-0.2, -0.15) is 0 Å². The molecule has 5 rings (SSSR count). The van der Waals surface area contributed by atoms with Gasteiger partial charge in [0.2, 0.25) is 0 Å². The third kappa shape index (κ3) is 8.53. The van der Waals surface area contributed by atoms with Crippen molar-refractivity contribution in [2.24, 2.45) is 0 Å². The number of aromatic hydroxyl groups is 2. The molecule has 0 saturated carbocycles. The van der Waals surface area contributed by atoms with Crippen LogP contribution in [-0.2, 0) is 32.0 Å². The first-order valence-corrected chi connectivity index (χ1v) is 15.2. The minimum Gasteiger partial charge on any atom is -0.505 e. The molecule has 0 atom stereocenters. The summed E-state index contributed by atoms with van der Waals surface area (Å²) in [5, 5.41) is 23.5. The Balaban J connectivity index is 1.15. The Morgan fingerprint density at radius 1 is 0.705 bits per heavy atom. The number of fused-ring (bicyclic) bond motifs is 2. The fourth-order valence-electron chi connectivity index (χ4n) is 5.31. The molecule has 0 unspecified atom stereocenters. The van der Waals surface area contributed by atoms with Gasteiger partial charge in [-0.05, 0) is 31.2 Å². The Morgan fingerprint density at radius 2 is 1.25 bits per heavy atom. The molecule has 0 radical (unpaired) electrons. The van der Waals surface area contributed by atoms with Gasteiger partial charge in [-0.3, -0.25) is 14.8 Å². The molecule has 2 aromatic heterocycles. The summed E-state index contributed by atoms with van der Waals surface area (Å²) < 4.78 is 23.5. The third-order valence-electron chi connectivity index (χ3n) is 7.77. The molecule has 0 aliphatic carbocycles. The van der Waals surface area contributed by atoms with Gasteiger partial charge >= 0.3 is 0 Å². The number of aryl methyl sites for hydroxylation is 1. The number of hydrogen-bond acceptors (Lipinski definition) is 11. The molecule has 11 nitrogen and oxygen atoms in total. The largest absolute Gasteiger partial charge is 0.505 e. The van der Waals surface area contributed by atoms with E-state index in [0.717, 1.165) is 27.6 Å². The number of phenolic OH excluding ortho intramolecular Hbond substituents is 2. The summed E-state index contributed by atoms with van der Waals surface area (Å²) in [6.07, 6.45) is 1.65.